The van der Waals surface area contributed by atoms with Gasteiger partial charge in [-0.05, 0) is 55.8 Å². The molecule has 1 heterocycles. The van der Waals surface area contributed by atoms with E-state index in [-0.39, 0.29) is 6.03 Å². The molecule has 5 nitrogen and oxygen atoms in total. The number of nitrogens with one attached hydrogen (secondary N) is 2. The topological polar surface area (TPSA) is 59.6 Å². The minimum Gasteiger partial charge on any atom is -0.486 e. The second-order valence-electron chi connectivity index (χ2n) is 6.07. The van der Waals surface area contributed by atoms with E-state index in [2.05, 4.69) is 26.6 Å². The summed E-state index contributed by atoms with van der Waals surface area (Å²) in [5, 5.41) is 5.81. The van der Waals surface area contributed by atoms with Gasteiger partial charge in [0, 0.05) is 10.2 Å². The minimum absolute atomic E-state index is 0.266. The van der Waals surface area contributed by atoms with Crippen LogP contribution in [0.4, 0.5) is 10.5 Å². The number of benzene rings is 2. The number of fused-ring (bicyclic) bond motifs is 1. The molecule has 0 saturated carbocycles. The summed E-state index contributed by atoms with van der Waals surface area (Å²) in [6, 6.07) is 12.9. The van der Waals surface area contributed by atoms with Crippen molar-refractivity contribution in [1.82, 2.24) is 5.32 Å². The van der Waals surface area contributed by atoms with Gasteiger partial charge in [0.2, 0.25) is 0 Å². The number of carbonyl (C=O) groups is 1. The van der Waals surface area contributed by atoms with Crippen LogP contribution >= 0.6 is 15.9 Å². The number of carbonyl (C=O) groups excluding carboxylic acids is 1. The highest BCUT2D eigenvalue weighted by atomic mass is 79.9. The first kappa shape index (κ1) is 16.6. The third-order valence-electron chi connectivity index (χ3n) is 3.79. The van der Waals surface area contributed by atoms with Crippen molar-refractivity contribution < 1.29 is 14.3 Å². The largest absolute Gasteiger partial charge is 0.486 e. The summed E-state index contributed by atoms with van der Waals surface area (Å²) in [6.07, 6.45) is 0. The Balaban J connectivity index is 1.70. The first-order chi connectivity index (χ1) is 11.4. The van der Waals surface area contributed by atoms with E-state index in [1.807, 2.05) is 56.3 Å². The Hall–Kier alpha value is -2.21. The van der Waals surface area contributed by atoms with Crippen LogP contribution in [0.5, 0.6) is 11.5 Å². The van der Waals surface area contributed by atoms with Gasteiger partial charge in [-0.1, -0.05) is 22.0 Å². The number of ether oxygens (including phenoxy) is 2. The summed E-state index contributed by atoms with van der Waals surface area (Å²) in [4.78, 5) is 12.3. The number of anilines is 1. The van der Waals surface area contributed by atoms with Gasteiger partial charge in [-0.3, -0.25) is 0 Å². The third-order valence-corrected chi connectivity index (χ3v) is 4.32. The molecule has 0 aromatic heterocycles. The number of amides is 2. The lowest BCUT2D eigenvalue weighted by Gasteiger charge is -2.28. The zero-order valence-corrected chi connectivity index (χ0v) is 15.1. The molecule has 0 aliphatic carbocycles. The number of hydrogen-bond acceptors (Lipinski definition) is 3. The number of urea groups is 1. The van der Waals surface area contributed by atoms with Gasteiger partial charge in [0.15, 0.2) is 11.5 Å². The molecule has 0 bridgehead atoms. The fourth-order valence-corrected chi connectivity index (χ4v) is 2.75. The molecule has 0 fully saturated rings. The second-order valence-corrected chi connectivity index (χ2v) is 6.99. The Bertz CT molecular complexity index is 744. The normalized spacial score (nSPS) is 13.3. The van der Waals surface area contributed by atoms with Gasteiger partial charge in [0.1, 0.15) is 13.2 Å². The molecule has 126 valence electrons. The molecule has 0 saturated heterocycles. The zero-order chi connectivity index (χ0) is 17.2. The molecular formula is C18H19BrN2O3. The van der Waals surface area contributed by atoms with Crippen LogP contribution in [0.15, 0.2) is 46.9 Å². The van der Waals surface area contributed by atoms with Crippen LogP contribution in [0.3, 0.4) is 0 Å². The van der Waals surface area contributed by atoms with E-state index in [1.165, 1.54) is 0 Å². The van der Waals surface area contributed by atoms with Crippen molar-refractivity contribution in [1.29, 1.82) is 0 Å². The lowest BCUT2D eigenvalue weighted by atomic mass is 9.94. The summed E-state index contributed by atoms with van der Waals surface area (Å²) in [6.45, 7) is 4.98. The summed E-state index contributed by atoms with van der Waals surface area (Å²) in [7, 11) is 0. The molecule has 0 spiro atoms. The van der Waals surface area contributed by atoms with Crippen molar-refractivity contribution in [3.63, 3.8) is 0 Å². The molecule has 1 aliphatic heterocycles. The van der Waals surface area contributed by atoms with Gasteiger partial charge in [0.25, 0.3) is 0 Å². The van der Waals surface area contributed by atoms with Gasteiger partial charge in [0.05, 0.1) is 5.54 Å². The van der Waals surface area contributed by atoms with Gasteiger partial charge in [-0.15, -0.1) is 0 Å². The average molecular weight is 391 g/mol. The summed E-state index contributed by atoms with van der Waals surface area (Å²) in [5.74, 6) is 1.45. The highest BCUT2D eigenvalue weighted by molar-refractivity contribution is 9.10. The van der Waals surface area contributed by atoms with Gasteiger partial charge in [-0.25, -0.2) is 4.79 Å². The molecule has 0 radical (unpaired) electrons. The smallest absolute Gasteiger partial charge is 0.319 e. The van der Waals surface area contributed by atoms with E-state index in [9.17, 15) is 4.79 Å². The average Bonchev–Trinajstić information content (AvgIpc) is 2.56. The molecule has 24 heavy (non-hydrogen) atoms. The molecule has 2 aromatic carbocycles. The number of halogens is 1. The molecule has 2 N–H and O–H groups in total. The maximum Gasteiger partial charge on any atom is 0.319 e. The first-order valence-corrected chi connectivity index (χ1v) is 8.48. The highest BCUT2D eigenvalue weighted by Gasteiger charge is 2.25. The lowest BCUT2D eigenvalue weighted by Crippen LogP contribution is -2.43. The Morgan fingerprint density at radius 2 is 1.71 bits per heavy atom. The molecule has 2 aromatic rings. The molecule has 2 amide bonds. The van der Waals surface area contributed by atoms with E-state index in [1.54, 1.807) is 0 Å². The molecular weight excluding hydrogens is 372 g/mol. The standard InChI is InChI=1S/C18H19BrN2O3/c1-18(2,12-3-8-15-16(11-12)24-10-9-23-15)21-17(22)20-14-6-4-13(19)5-7-14/h3-8,11H,9-10H2,1-2H3,(H2,20,21,22). The van der Waals surface area contributed by atoms with Crippen LogP contribution in [-0.4, -0.2) is 19.2 Å². The molecule has 0 unspecified atom stereocenters. The lowest BCUT2D eigenvalue weighted by molar-refractivity contribution is 0.171. The summed E-state index contributed by atoms with van der Waals surface area (Å²) in [5.41, 5.74) is 1.11. The van der Waals surface area contributed by atoms with Crippen molar-refractivity contribution in [2.45, 2.75) is 19.4 Å². The van der Waals surface area contributed by atoms with Crippen LogP contribution in [0, 0.1) is 0 Å². The molecule has 3 rings (SSSR count). The van der Waals surface area contributed by atoms with E-state index in [0.29, 0.717) is 19.0 Å². The van der Waals surface area contributed by atoms with E-state index in [0.717, 1.165) is 21.5 Å². The van der Waals surface area contributed by atoms with E-state index < -0.39 is 5.54 Å². The monoisotopic (exact) mass is 390 g/mol. The molecule has 0 atom stereocenters. The third kappa shape index (κ3) is 3.82. The Morgan fingerprint density at radius 3 is 2.42 bits per heavy atom. The predicted octanol–water partition coefficient (Wildman–Crippen LogP) is 4.28. The van der Waals surface area contributed by atoms with Crippen molar-refractivity contribution in [3.05, 3.63) is 52.5 Å². The first-order valence-electron chi connectivity index (χ1n) is 7.69. The maximum absolute atomic E-state index is 12.3. The van der Waals surface area contributed by atoms with Gasteiger partial charge < -0.3 is 20.1 Å². The van der Waals surface area contributed by atoms with E-state index in [4.69, 9.17) is 9.47 Å². The number of rotatable bonds is 3. The Labute approximate surface area is 149 Å². The van der Waals surface area contributed by atoms with Crippen LogP contribution in [-0.2, 0) is 5.54 Å². The fourth-order valence-electron chi connectivity index (χ4n) is 2.48. The maximum atomic E-state index is 12.3. The number of hydrogen-bond donors (Lipinski definition) is 2. The van der Waals surface area contributed by atoms with Gasteiger partial charge in [-0.2, -0.15) is 0 Å². The predicted molar refractivity (Wildman–Crippen MR) is 96.8 cm³/mol. The van der Waals surface area contributed by atoms with Crippen molar-refractivity contribution in [2.75, 3.05) is 18.5 Å². The Morgan fingerprint density at radius 1 is 1.04 bits per heavy atom. The SMILES string of the molecule is CC(C)(NC(=O)Nc1ccc(Br)cc1)c1ccc2c(c1)OCCO2. The summed E-state index contributed by atoms with van der Waals surface area (Å²) < 4.78 is 12.1. The van der Waals surface area contributed by atoms with Crippen molar-refractivity contribution in [2.24, 2.45) is 0 Å². The highest BCUT2D eigenvalue weighted by Crippen LogP contribution is 2.34. The van der Waals surface area contributed by atoms with Crippen LogP contribution in [0.25, 0.3) is 0 Å². The van der Waals surface area contributed by atoms with Crippen molar-refractivity contribution in [3.8, 4) is 11.5 Å². The van der Waals surface area contributed by atoms with Crippen LogP contribution in [0.1, 0.15) is 19.4 Å². The van der Waals surface area contributed by atoms with E-state index >= 15 is 0 Å². The quantitative estimate of drug-likeness (QED) is 0.821. The Kier molecular flexibility index (Phi) is 4.66. The summed E-state index contributed by atoms with van der Waals surface area (Å²) >= 11 is 3.37. The van der Waals surface area contributed by atoms with Gasteiger partial charge >= 0.3 is 6.03 Å². The van der Waals surface area contributed by atoms with Crippen molar-refractivity contribution >= 4 is 27.6 Å². The molecule has 1 aliphatic rings. The van der Waals surface area contributed by atoms with Crippen LogP contribution < -0.4 is 20.1 Å². The minimum atomic E-state index is -0.560. The second kappa shape index (κ2) is 6.73. The zero-order valence-electron chi connectivity index (χ0n) is 13.6. The van der Waals surface area contributed by atoms with Crippen LogP contribution in [0.2, 0.25) is 0 Å². The molecule has 6 heteroatoms. The fraction of sp³-hybridized carbons (Fsp3) is 0.278.